The molecule has 3 heterocycles. The van der Waals surface area contributed by atoms with Crippen molar-refractivity contribution in [3.63, 3.8) is 0 Å². The minimum Gasteiger partial charge on any atom is -0.379 e. The van der Waals surface area contributed by atoms with Gasteiger partial charge in [-0.15, -0.1) is 0 Å². The van der Waals surface area contributed by atoms with Gasteiger partial charge in [-0.1, -0.05) is 0 Å². The number of anilines is 4. The normalized spacial score (nSPS) is 17.4. The Morgan fingerprint density at radius 2 is 1.58 bits per heavy atom. The largest absolute Gasteiger partial charge is 0.379 e. The van der Waals surface area contributed by atoms with Crippen molar-refractivity contribution in [2.45, 2.75) is 0 Å². The number of hydrogen-bond acceptors (Lipinski definition) is 11. The third-order valence-electron chi connectivity index (χ3n) is 5.07. The van der Waals surface area contributed by atoms with Crippen molar-refractivity contribution in [3.05, 3.63) is 34.4 Å². The third kappa shape index (κ3) is 5.96. The smallest absolute Gasteiger partial charge is 0.269 e. The molecule has 2 saturated heterocycles. The number of ether oxygens (including phenoxy) is 2. The van der Waals surface area contributed by atoms with Gasteiger partial charge in [-0.05, 0) is 12.1 Å². The van der Waals surface area contributed by atoms with Crippen LogP contribution in [0.5, 0.6) is 0 Å². The zero-order chi connectivity index (χ0) is 21.5. The van der Waals surface area contributed by atoms with Crippen molar-refractivity contribution in [2.24, 2.45) is 0 Å². The fourth-order valence-corrected chi connectivity index (χ4v) is 3.35. The van der Waals surface area contributed by atoms with E-state index in [1.54, 1.807) is 12.1 Å². The van der Waals surface area contributed by atoms with Crippen LogP contribution in [0.4, 0.5) is 29.2 Å². The molecule has 166 valence electrons. The molecule has 0 amide bonds. The molecule has 0 aliphatic carbocycles. The van der Waals surface area contributed by atoms with E-state index in [0.717, 1.165) is 32.8 Å². The van der Waals surface area contributed by atoms with E-state index in [1.807, 2.05) is 0 Å². The van der Waals surface area contributed by atoms with E-state index in [1.165, 1.54) is 12.1 Å². The number of nitro groups is 1. The first-order chi connectivity index (χ1) is 15.2. The minimum absolute atomic E-state index is 0.0284. The van der Waals surface area contributed by atoms with Gasteiger partial charge in [-0.25, -0.2) is 0 Å². The summed E-state index contributed by atoms with van der Waals surface area (Å²) >= 11 is 0. The molecule has 12 nitrogen and oxygen atoms in total. The van der Waals surface area contributed by atoms with Crippen LogP contribution in [-0.4, -0.2) is 90.5 Å². The lowest BCUT2D eigenvalue weighted by atomic mass is 10.3. The lowest BCUT2D eigenvalue weighted by Crippen LogP contribution is -2.39. The predicted octanol–water partition coefficient (Wildman–Crippen LogP) is 1.10. The van der Waals surface area contributed by atoms with E-state index < -0.39 is 4.92 Å². The molecule has 0 unspecified atom stereocenters. The molecule has 4 rings (SSSR count). The number of nitrogens with one attached hydrogen (secondary N) is 2. The summed E-state index contributed by atoms with van der Waals surface area (Å²) in [7, 11) is 0. The second-order valence-electron chi connectivity index (χ2n) is 7.19. The summed E-state index contributed by atoms with van der Waals surface area (Å²) in [6.45, 7) is 7.58. The summed E-state index contributed by atoms with van der Waals surface area (Å²) < 4.78 is 10.8. The van der Waals surface area contributed by atoms with E-state index in [-0.39, 0.29) is 5.69 Å². The number of rotatable bonds is 8. The summed E-state index contributed by atoms with van der Waals surface area (Å²) in [5.41, 5.74) is 0.685. The zero-order valence-electron chi connectivity index (χ0n) is 17.2. The fraction of sp³-hybridized carbons (Fsp3) is 0.526. The van der Waals surface area contributed by atoms with Gasteiger partial charge in [0.25, 0.3) is 5.69 Å². The van der Waals surface area contributed by atoms with E-state index in [2.05, 4.69) is 35.4 Å². The van der Waals surface area contributed by atoms with Crippen molar-refractivity contribution < 1.29 is 14.4 Å². The number of benzene rings is 1. The van der Waals surface area contributed by atoms with Crippen molar-refractivity contribution in [1.29, 1.82) is 0 Å². The number of nitrogens with zero attached hydrogens (tertiary/aromatic N) is 6. The highest BCUT2D eigenvalue weighted by Gasteiger charge is 2.17. The summed E-state index contributed by atoms with van der Waals surface area (Å²) in [5, 5.41) is 17.3. The molecule has 2 aliphatic heterocycles. The molecule has 2 fully saturated rings. The standard InChI is InChI=1S/C19H26N8O4/c28-27(29)16-3-1-15(2-4-16)21-18-22-17(20-5-6-25-7-11-30-12-8-25)23-19(24-18)26-9-13-31-14-10-26/h1-4H,5-14H2,(H2,20,21,22,23,24). The van der Waals surface area contributed by atoms with Crippen LogP contribution in [0, 0.1) is 10.1 Å². The number of non-ortho nitro benzene ring substituents is 1. The Hall–Kier alpha value is -3.09. The Morgan fingerprint density at radius 3 is 2.26 bits per heavy atom. The molecule has 12 heteroatoms. The molecular formula is C19H26N8O4. The van der Waals surface area contributed by atoms with Crippen molar-refractivity contribution in [3.8, 4) is 0 Å². The van der Waals surface area contributed by atoms with E-state index in [9.17, 15) is 10.1 Å². The highest BCUT2D eigenvalue weighted by atomic mass is 16.6. The third-order valence-corrected chi connectivity index (χ3v) is 5.07. The number of aromatic nitrogens is 3. The molecule has 0 atom stereocenters. The summed E-state index contributed by atoms with van der Waals surface area (Å²) in [6, 6.07) is 6.13. The molecule has 31 heavy (non-hydrogen) atoms. The highest BCUT2D eigenvalue weighted by molar-refractivity contribution is 5.57. The maximum Gasteiger partial charge on any atom is 0.269 e. The second-order valence-corrected chi connectivity index (χ2v) is 7.19. The van der Waals surface area contributed by atoms with E-state index >= 15 is 0 Å². The predicted molar refractivity (Wildman–Crippen MR) is 115 cm³/mol. The van der Waals surface area contributed by atoms with Gasteiger partial charge in [0.05, 0.1) is 31.4 Å². The van der Waals surface area contributed by atoms with Gasteiger partial charge in [0.1, 0.15) is 0 Å². The lowest BCUT2D eigenvalue weighted by Gasteiger charge is -2.27. The minimum atomic E-state index is -0.431. The van der Waals surface area contributed by atoms with Crippen LogP contribution >= 0.6 is 0 Å². The Kier molecular flexibility index (Phi) is 7.02. The van der Waals surface area contributed by atoms with Crippen LogP contribution in [0.25, 0.3) is 0 Å². The first-order valence-electron chi connectivity index (χ1n) is 10.3. The molecule has 2 N–H and O–H groups in total. The number of nitro benzene ring substituents is 1. The maximum absolute atomic E-state index is 10.9. The summed E-state index contributed by atoms with van der Waals surface area (Å²) in [6.07, 6.45) is 0. The zero-order valence-corrected chi connectivity index (χ0v) is 17.2. The average Bonchev–Trinajstić information content (AvgIpc) is 2.81. The molecule has 1 aromatic heterocycles. The van der Waals surface area contributed by atoms with Gasteiger partial charge >= 0.3 is 0 Å². The van der Waals surface area contributed by atoms with Gasteiger partial charge in [0.2, 0.25) is 17.8 Å². The van der Waals surface area contributed by atoms with Crippen molar-refractivity contribution in [2.75, 3.05) is 81.2 Å². The monoisotopic (exact) mass is 430 g/mol. The van der Waals surface area contributed by atoms with Gasteiger partial charge < -0.3 is 25.0 Å². The Balaban J connectivity index is 1.47. The first kappa shape index (κ1) is 21.2. The van der Waals surface area contributed by atoms with Crippen LogP contribution in [0.2, 0.25) is 0 Å². The fourth-order valence-electron chi connectivity index (χ4n) is 3.35. The molecule has 0 spiro atoms. The van der Waals surface area contributed by atoms with Crippen molar-refractivity contribution >= 4 is 29.2 Å². The Morgan fingerprint density at radius 1 is 0.935 bits per heavy atom. The number of morpholine rings is 2. The molecule has 0 radical (unpaired) electrons. The van der Waals surface area contributed by atoms with E-state index in [0.29, 0.717) is 56.4 Å². The van der Waals surface area contributed by atoms with Crippen LogP contribution in [-0.2, 0) is 9.47 Å². The molecule has 1 aromatic carbocycles. The molecule has 2 aromatic rings. The average molecular weight is 430 g/mol. The van der Waals surface area contributed by atoms with Crippen LogP contribution < -0.4 is 15.5 Å². The lowest BCUT2D eigenvalue weighted by molar-refractivity contribution is -0.384. The van der Waals surface area contributed by atoms with Gasteiger partial charge in [0, 0.05) is 57.1 Å². The summed E-state index contributed by atoms with van der Waals surface area (Å²) in [5.74, 6) is 1.42. The molecule has 2 aliphatic rings. The van der Waals surface area contributed by atoms with E-state index in [4.69, 9.17) is 9.47 Å². The second kappa shape index (κ2) is 10.3. The molecule has 0 bridgehead atoms. The first-order valence-corrected chi connectivity index (χ1v) is 10.3. The van der Waals surface area contributed by atoms with Crippen LogP contribution in [0.3, 0.4) is 0 Å². The summed E-state index contributed by atoms with van der Waals surface area (Å²) in [4.78, 5) is 28.4. The molecular weight excluding hydrogens is 404 g/mol. The maximum atomic E-state index is 10.9. The van der Waals surface area contributed by atoms with Crippen LogP contribution in [0.1, 0.15) is 0 Å². The van der Waals surface area contributed by atoms with Crippen molar-refractivity contribution in [1.82, 2.24) is 19.9 Å². The highest BCUT2D eigenvalue weighted by Crippen LogP contribution is 2.21. The Labute approximate surface area is 179 Å². The van der Waals surface area contributed by atoms with Gasteiger partial charge in [0.15, 0.2) is 0 Å². The van der Waals surface area contributed by atoms with Gasteiger partial charge in [-0.3, -0.25) is 15.0 Å². The van der Waals surface area contributed by atoms with Crippen LogP contribution in [0.15, 0.2) is 24.3 Å². The van der Waals surface area contributed by atoms with Gasteiger partial charge in [-0.2, -0.15) is 15.0 Å². The Bertz CT molecular complexity index is 870. The molecule has 0 saturated carbocycles. The topological polar surface area (TPSA) is 131 Å². The number of hydrogen-bond donors (Lipinski definition) is 2. The SMILES string of the molecule is O=[N+]([O-])c1ccc(Nc2nc(NCCN3CCOCC3)nc(N3CCOCC3)n2)cc1. The quantitative estimate of drug-likeness (QED) is 0.461.